The van der Waals surface area contributed by atoms with Gasteiger partial charge in [-0.15, -0.1) is 10.2 Å². The number of nitrogens with zero attached hydrogens (tertiary/aromatic N) is 3. The van der Waals surface area contributed by atoms with E-state index in [2.05, 4.69) is 10.2 Å². The van der Waals surface area contributed by atoms with Crippen molar-refractivity contribution in [1.82, 2.24) is 14.8 Å². The lowest BCUT2D eigenvalue weighted by molar-refractivity contribution is -0.151. The summed E-state index contributed by atoms with van der Waals surface area (Å²) in [5.41, 5.74) is 1.27. The van der Waals surface area contributed by atoms with Gasteiger partial charge in [0.15, 0.2) is 11.0 Å². The zero-order chi connectivity index (χ0) is 18.7. The Bertz CT molecular complexity index is 894. The predicted molar refractivity (Wildman–Crippen MR) is 100 cm³/mol. The molecule has 0 bridgehead atoms. The van der Waals surface area contributed by atoms with E-state index >= 15 is 0 Å². The standard InChI is InChI=1S/C19H21N3O3S/c1-13-15(10-11-24-13)17-20-21-18(22(17)14-8-6-5-7-9-14)26-12-16(23)25-19(2,3)4/h5-11H,12H2,1-4H3. The van der Waals surface area contributed by atoms with Gasteiger partial charge in [0, 0.05) is 5.69 Å². The van der Waals surface area contributed by atoms with Crippen molar-refractivity contribution in [2.24, 2.45) is 0 Å². The Kier molecular flexibility index (Phi) is 5.18. The maximum Gasteiger partial charge on any atom is 0.316 e. The first-order chi connectivity index (χ1) is 12.3. The van der Waals surface area contributed by atoms with Crippen molar-refractivity contribution in [3.8, 4) is 17.1 Å². The number of aromatic nitrogens is 3. The van der Waals surface area contributed by atoms with Crippen LogP contribution in [0.1, 0.15) is 26.5 Å². The molecule has 26 heavy (non-hydrogen) atoms. The Hall–Kier alpha value is -2.54. The van der Waals surface area contributed by atoms with E-state index in [1.807, 2.05) is 68.7 Å². The molecule has 7 heteroatoms. The molecule has 0 aliphatic heterocycles. The van der Waals surface area contributed by atoms with Crippen molar-refractivity contribution < 1.29 is 13.9 Å². The number of carbonyl (C=O) groups is 1. The van der Waals surface area contributed by atoms with Gasteiger partial charge in [0.05, 0.1) is 17.6 Å². The highest BCUT2D eigenvalue weighted by Gasteiger charge is 2.21. The molecule has 0 N–H and O–H groups in total. The highest BCUT2D eigenvalue weighted by molar-refractivity contribution is 7.99. The second-order valence-corrected chi connectivity index (χ2v) is 7.69. The average Bonchev–Trinajstić information content (AvgIpc) is 3.17. The zero-order valence-electron chi connectivity index (χ0n) is 15.2. The first-order valence-electron chi connectivity index (χ1n) is 8.25. The lowest BCUT2D eigenvalue weighted by Crippen LogP contribution is -2.25. The monoisotopic (exact) mass is 371 g/mol. The molecular weight excluding hydrogens is 350 g/mol. The molecule has 136 valence electrons. The molecule has 1 aromatic carbocycles. The predicted octanol–water partition coefficient (Wildman–Crippen LogP) is 4.27. The van der Waals surface area contributed by atoms with Crippen molar-refractivity contribution in [3.05, 3.63) is 48.4 Å². The molecule has 0 spiro atoms. The van der Waals surface area contributed by atoms with Gasteiger partial charge >= 0.3 is 5.97 Å². The van der Waals surface area contributed by atoms with Gasteiger partial charge in [0.25, 0.3) is 0 Å². The number of hydrogen-bond acceptors (Lipinski definition) is 6. The van der Waals surface area contributed by atoms with Crippen LogP contribution in [0, 0.1) is 6.92 Å². The molecule has 0 saturated carbocycles. The van der Waals surface area contributed by atoms with Gasteiger partial charge in [-0.25, -0.2) is 0 Å². The van der Waals surface area contributed by atoms with Gasteiger partial charge in [-0.3, -0.25) is 9.36 Å². The molecule has 0 amide bonds. The van der Waals surface area contributed by atoms with Crippen LogP contribution in [0.5, 0.6) is 0 Å². The fourth-order valence-electron chi connectivity index (χ4n) is 2.46. The number of aryl methyl sites for hydroxylation is 1. The highest BCUT2D eigenvalue weighted by atomic mass is 32.2. The smallest absolute Gasteiger partial charge is 0.316 e. The molecule has 0 atom stereocenters. The van der Waals surface area contributed by atoms with Crippen LogP contribution in [0.15, 0.2) is 52.2 Å². The number of ether oxygens (including phenoxy) is 1. The summed E-state index contributed by atoms with van der Waals surface area (Å²) in [6, 6.07) is 11.7. The third-order valence-corrected chi connectivity index (χ3v) is 4.39. The van der Waals surface area contributed by atoms with E-state index in [1.54, 1.807) is 6.26 Å². The fraction of sp³-hybridized carbons (Fsp3) is 0.316. The molecule has 0 fully saturated rings. The molecule has 2 aromatic heterocycles. The Morgan fingerprint density at radius 1 is 1.19 bits per heavy atom. The molecule has 0 aliphatic carbocycles. The normalized spacial score (nSPS) is 11.5. The van der Waals surface area contributed by atoms with Gasteiger partial charge in [-0.2, -0.15) is 0 Å². The second-order valence-electron chi connectivity index (χ2n) is 6.74. The van der Waals surface area contributed by atoms with Crippen molar-refractivity contribution >= 4 is 17.7 Å². The van der Waals surface area contributed by atoms with E-state index < -0.39 is 5.60 Å². The van der Waals surface area contributed by atoms with Crippen LogP contribution >= 0.6 is 11.8 Å². The third kappa shape index (κ3) is 4.16. The average molecular weight is 371 g/mol. The highest BCUT2D eigenvalue weighted by Crippen LogP contribution is 2.30. The maximum atomic E-state index is 12.1. The summed E-state index contributed by atoms with van der Waals surface area (Å²) in [7, 11) is 0. The van der Waals surface area contributed by atoms with Crippen LogP contribution in [0.3, 0.4) is 0 Å². The number of benzene rings is 1. The quantitative estimate of drug-likeness (QED) is 0.493. The summed E-state index contributed by atoms with van der Waals surface area (Å²) < 4.78 is 12.7. The number of esters is 1. The number of rotatable bonds is 5. The lowest BCUT2D eigenvalue weighted by atomic mass is 10.2. The van der Waals surface area contributed by atoms with Gasteiger partial charge in [-0.05, 0) is 45.9 Å². The van der Waals surface area contributed by atoms with Crippen LogP contribution in [0.2, 0.25) is 0 Å². The summed E-state index contributed by atoms with van der Waals surface area (Å²) in [4.78, 5) is 12.1. The molecule has 3 rings (SSSR count). The van der Waals surface area contributed by atoms with E-state index in [4.69, 9.17) is 9.15 Å². The molecule has 6 nitrogen and oxygen atoms in total. The zero-order valence-corrected chi connectivity index (χ0v) is 16.0. The molecule has 0 aliphatic rings. The Labute approximate surface area is 156 Å². The van der Waals surface area contributed by atoms with E-state index in [0.29, 0.717) is 11.0 Å². The Morgan fingerprint density at radius 3 is 2.54 bits per heavy atom. The molecule has 0 saturated heterocycles. The van der Waals surface area contributed by atoms with Crippen LogP contribution in [0.4, 0.5) is 0 Å². The SMILES string of the molecule is Cc1occc1-c1nnc(SCC(=O)OC(C)(C)C)n1-c1ccccc1. The number of carbonyl (C=O) groups excluding carboxylic acids is 1. The summed E-state index contributed by atoms with van der Waals surface area (Å²) in [6.07, 6.45) is 1.63. The van der Waals surface area contributed by atoms with Crippen molar-refractivity contribution in [3.63, 3.8) is 0 Å². The van der Waals surface area contributed by atoms with Crippen LogP contribution in [-0.4, -0.2) is 32.1 Å². The number of thioether (sulfide) groups is 1. The summed E-state index contributed by atoms with van der Waals surface area (Å²) in [6.45, 7) is 7.43. The Morgan fingerprint density at radius 2 is 1.92 bits per heavy atom. The van der Waals surface area contributed by atoms with Crippen molar-refractivity contribution in [1.29, 1.82) is 0 Å². The van der Waals surface area contributed by atoms with Crippen LogP contribution < -0.4 is 0 Å². The summed E-state index contributed by atoms with van der Waals surface area (Å²) >= 11 is 1.30. The lowest BCUT2D eigenvalue weighted by Gasteiger charge is -2.19. The van der Waals surface area contributed by atoms with Gasteiger partial charge in [0.2, 0.25) is 0 Å². The topological polar surface area (TPSA) is 70.2 Å². The molecule has 0 unspecified atom stereocenters. The largest absolute Gasteiger partial charge is 0.469 e. The van der Waals surface area contributed by atoms with Crippen LogP contribution in [-0.2, 0) is 9.53 Å². The number of para-hydroxylation sites is 1. The van der Waals surface area contributed by atoms with Crippen molar-refractivity contribution in [2.45, 2.75) is 38.5 Å². The van der Waals surface area contributed by atoms with Crippen molar-refractivity contribution in [2.75, 3.05) is 5.75 Å². The van der Waals surface area contributed by atoms with E-state index in [9.17, 15) is 4.79 Å². The van der Waals surface area contributed by atoms with E-state index in [-0.39, 0.29) is 11.7 Å². The third-order valence-electron chi connectivity index (χ3n) is 3.49. The van der Waals surface area contributed by atoms with Gasteiger partial charge in [0.1, 0.15) is 11.4 Å². The van der Waals surface area contributed by atoms with Gasteiger partial charge in [-0.1, -0.05) is 30.0 Å². The summed E-state index contributed by atoms with van der Waals surface area (Å²) in [5.74, 6) is 1.31. The minimum Gasteiger partial charge on any atom is -0.469 e. The van der Waals surface area contributed by atoms with E-state index in [1.165, 1.54) is 11.8 Å². The molecule has 3 aromatic rings. The first-order valence-corrected chi connectivity index (χ1v) is 9.23. The minimum atomic E-state index is -0.510. The number of furan rings is 1. The second kappa shape index (κ2) is 7.37. The van der Waals surface area contributed by atoms with Gasteiger partial charge < -0.3 is 9.15 Å². The minimum absolute atomic E-state index is 0.159. The molecule has 2 heterocycles. The molecule has 0 radical (unpaired) electrons. The maximum absolute atomic E-state index is 12.1. The van der Waals surface area contributed by atoms with Crippen LogP contribution in [0.25, 0.3) is 17.1 Å². The number of hydrogen-bond donors (Lipinski definition) is 0. The first kappa shape index (κ1) is 18.3. The summed E-state index contributed by atoms with van der Waals surface area (Å²) in [5, 5.41) is 9.24. The Balaban J connectivity index is 1.92. The van der Waals surface area contributed by atoms with E-state index in [0.717, 1.165) is 17.0 Å². The molecular formula is C19H21N3O3S. The fourth-order valence-corrected chi connectivity index (χ4v) is 3.18.